The van der Waals surface area contributed by atoms with Crippen LogP contribution < -0.4 is 15.0 Å². The molecule has 1 heterocycles. The van der Waals surface area contributed by atoms with Crippen LogP contribution in [0.3, 0.4) is 0 Å². The Morgan fingerprint density at radius 3 is 2.67 bits per heavy atom. The summed E-state index contributed by atoms with van der Waals surface area (Å²) in [5.74, 6) is -3.06. The van der Waals surface area contributed by atoms with Gasteiger partial charge < -0.3 is 15.0 Å². The third-order valence-corrected chi connectivity index (χ3v) is 4.70. The van der Waals surface area contributed by atoms with E-state index in [2.05, 4.69) is 5.32 Å². The third kappa shape index (κ3) is 3.77. The molecule has 2 atom stereocenters. The first-order valence-electron chi connectivity index (χ1n) is 8.62. The lowest BCUT2D eigenvalue weighted by Gasteiger charge is -2.20. The first-order chi connectivity index (χ1) is 12.9. The number of para-hydroxylation sites is 1. The summed E-state index contributed by atoms with van der Waals surface area (Å²) < 4.78 is 31.8. The fourth-order valence-electron chi connectivity index (χ4n) is 3.25. The average molecular weight is 374 g/mol. The number of hydrogen-bond acceptors (Lipinski definition) is 3. The highest BCUT2D eigenvalue weighted by Crippen LogP contribution is 2.28. The Bertz CT molecular complexity index is 872. The fourth-order valence-corrected chi connectivity index (χ4v) is 3.25. The molecule has 0 bridgehead atoms. The van der Waals surface area contributed by atoms with E-state index in [0.717, 1.165) is 17.7 Å². The van der Waals surface area contributed by atoms with E-state index in [1.165, 1.54) is 11.0 Å². The summed E-state index contributed by atoms with van der Waals surface area (Å²) in [5.41, 5.74) is 1.04. The number of nitrogens with zero attached hydrogens (tertiary/aromatic N) is 1. The molecule has 0 spiro atoms. The van der Waals surface area contributed by atoms with Crippen LogP contribution in [0.2, 0.25) is 0 Å². The molecule has 27 heavy (non-hydrogen) atoms. The van der Waals surface area contributed by atoms with E-state index >= 15 is 0 Å². The molecule has 1 aliphatic rings. The monoisotopic (exact) mass is 374 g/mol. The largest absolute Gasteiger partial charge is 0.496 e. The van der Waals surface area contributed by atoms with Crippen molar-refractivity contribution in [3.8, 4) is 5.75 Å². The minimum absolute atomic E-state index is 0.243. The topological polar surface area (TPSA) is 58.6 Å². The fraction of sp³-hybridized carbons (Fsp3) is 0.300. The van der Waals surface area contributed by atoms with Crippen LogP contribution in [0.5, 0.6) is 5.75 Å². The van der Waals surface area contributed by atoms with Crippen molar-refractivity contribution < 1.29 is 23.1 Å². The molecule has 2 unspecified atom stereocenters. The predicted octanol–water partition coefficient (Wildman–Crippen LogP) is 3.20. The van der Waals surface area contributed by atoms with Gasteiger partial charge in [0.05, 0.1) is 13.2 Å². The maximum absolute atomic E-state index is 13.4. The van der Waals surface area contributed by atoms with Gasteiger partial charge in [-0.15, -0.1) is 0 Å². The molecular weight excluding hydrogens is 354 g/mol. The number of methoxy groups -OCH3 is 1. The van der Waals surface area contributed by atoms with Crippen LogP contribution >= 0.6 is 0 Å². The summed E-state index contributed by atoms with van der Waals surface area (Å²) in [6, 6.07) is 10.2. The predicted molar refractivity (Wildman–Crippen MR) is 96.4 cm³/mol. The smallest absolute Gasteiger partial charge is 0.239 e. The van der Waals surface area contributed by atoms with Crippen LogP contribution in [0.1, 0.15) is 24.9 Å². The number of nitrogens with one attached hydrogen (secondary N) is 1. The number of amides is 2. The van der Waals surface area contributed by atoms with Gasteiger partial charge in [-0.1, -0.05) is 18.2 Å². The van der Waals surface area contributed by atoms with Gasteiger partial charge >= 0.3 is 0 Å². The summed E-state index contributed by atoms with van der Waals surface area (Å²) in [4.78, 5) is 26.5. The Labute approximate surface area is 155 Å². The normalized spacial score (nSPS) is 17.7. The van der Waals surface area contributed by atoms with Gasteiger partial charge in [-0.25, -0.2) is 8.78 Å². The second-order valence-corrected chi connectivity index (χ2v) is 6.40. The van der Waals surface area contributed by atoms with Crippen molar-refractivity contribution in [2.45, 2.75) is 19.4 Å². The summed E-state index contributed by atoms with van der Waals surface area (Å²) >= 11 is 0. The number of carbonyl (C=O) groups is 2. The zero-order valence-electron chi connectivity index (χ0n) is 15.0. The minimum atomic E-state index is -1.03. The van der Waals surface area contributed by atoms with Gasteiger partial charge in [0.1, 0.15) is 11.7 Å². The van der Waals surface area contributed by atoms with Gasteiger partial charge in [0.25, 0.3) is 0 Å². The van der Waals surface area contributed by atoms with Crippen molar-refractivity contribution in [3.63, 3.8) is 0 Å². The van der Waals surface area contributed by atoms with Crippen molar-refractivity contribution in [1.82, 2.24) is 5.32 Å². The summed E-state index contributed by atoms with van der Waals surface area (Å²) in [6.45, 7) is 2.08. The number of benzene rings is 2. The number of ether oxygens (including phenoxy) is 1. The van der Waals surface area contributed by atoms with E-state index in [1.54, 1.807) is 13.2 Å². The van der Waals surface area contributed by atoms with Crippen LogP contribution in [-0.2, 0) is 9.59 Å². The lowest BCUT2D eigenvalue weighted by Crippen LogP contribution is -2.38. The van der Waals surface area contributed by atoms with E-state index in [4.69, 9.17) is 4.74 Å². The molecule has 2 amide bonds. The molecule has 0 aromatic heterocycles. The van der Waals surface area contributed by atoms with Gasteiger partial charge in [-0.2, -0.15) is 0 Å². The number of rotatable bonds is 5. The number of hydrogen-bond donors (Lipinski definition) is 1. The van der Waals surface area contributed by atoms with Crippen molar-refractivity contribution in [2.75, 3.05) is 18.6 Å². The molecule has 0 saturated carbocycles. The Morgan fingerprint density at radius 2 is 1.96 bits per heavy atom. The molecule has 1 N–H and O–H groups in total. The van der Waals surface area contributed by atoms with E-state index in [-0.39, 0.29) is 18.3 Å². The van der Waals surface area contributed by atoms with Crippen molar-refractivity contribution >= 4 is 17.5 Å². The van der Waals surface area contributed by atoms with Gasteiger partial charge in [-0.05, 0) is 31.5 Å². The molecule has 1 saturated heterocycles. The quantitative estimate of drug-likeness (QED) is 0.818. The molecule has 0 radical (unpaired) electrons. The summed E-state index contributed by atoms with van der Waals surface area (Å²) in [5, 5.41) is 2.84. The molecule has 7 heteroatoms. The number of carbonyl (C=O) groups excluding carboxylic acids is 2. The van der Waals surface area contributed by atoms with Crippen LogP contribution in [0, 0.1) is 17.6 Å². The molecule has 3 rings (SSSR count). The van der Waals surface area contributed by atoms with E-state index < -0.39 is 29.4 Å². The van der Waals surface area contributed by atoms with E-state index in [9.17, 15) is 18.4 Å². The molecule has 1 fully saturated rings. The maximum atomic E-state index is 13.4. The van der Waals surface area contributed by atoms with E-state index in [1.807, 2.05) is 25.1 Å². The zero-order valence-corrected chi connectivity index (χ0v) is 15.0. The van der Waals surface area contributed by atoms with E-state index in [0.29, 0.717) is 12.2 Å². The SMILES string of the molecule is COc1ccccc1C(C)NC(=O)C1CCN(c2ccc(F)c(F)c2)C1=O. The lowest BCUT2D eigenvalue weighted by molar-refractivity contribution is -0.132. The Kier molecular flexibility index (Phi) is 5.39. The van der Waals surface area contributed by atoms with Crippen molar-refractivity contribution in [2.24, 2.45) is 5.92 Å². The highest BCUT2D eigenvalue weighted by Gasteiger charge is 2.38. The minimum Gasteiger partial charge on any atom is -0.496 e. The van der Waals surface area contributed by atoms with Crippen LogP contribution in [0.4, 0.5) is 14.5 Å². The maximum Gasteiger partial charge on any atom is 0.239 e. The standard InChI is InChI=1S/C20H20F2N2O3/c1-12(14-5-3-4-6-18(14)27-2)23-19(25)15-9-10-24(20(15)26)13-7-8-16(21)17(22)11-13/h3-8,11-12,15H,9-10H2,1-2H3,(H,23,25). The molecule has 142 valence electrons. The first kappa shape index (κ1) is 18.8. The number of anilines is 1. The van der Waals surface area contributed by atoms with Crippen LogP contribution in [-0.4, -0.2) is 25.5 Å². The van der Waals surface area contributed by atoms with Gasteiger partial charge in [0.2, 0.25) is 11.8 Å². The average Bonchev–Trinajstić information content (AvgIpc) is 3.05. The van der Waals surface area contributed by atoms with Gasteiger partial charge in [-0.3, -0.25) is 9.59 Å². The highest BCUT2D eigenvalue weighted by molar-refractivity contribution is 6.09. The third-order valence-electron chi connectivity index (χ3n) is 4.70. The Hall–Kier alpha value is -2.96. The Balaban J connectivity index is 1.70. The zero-order chi connectivity index (χ0) is 19.6. The van der Waals surface area contributed by atoms with Gasteiger partial charge in [0, 0.05) is 23.9 Å². The first-order valence-corrected chi connectivity index (χ1v) is 8.62. The summed E-state index contributed by atoms with van der Waals surface area (Å²) in [7, 11) is 1.55. The second-order valence-electron chi connectivity index (χ2n) is 6.40. The van der Waals surface area contributed by atoms with Crippen LogP contribution in [0.25, 0.3) is 0 Å². The molecule has 0 aliphatic carbocycles. The molecule has 2 aromatic rings. The van der Waals surface area contributed by atoms with Crippen molar-refractivity contribution in [3.05, 3.63) is 59.7 Å². The lowest BCUT2D eigenvalue weighted by atomic mass is 10.0. The highest BCUT2D eigenvalue weighted by atomic mass is 19.2. The van der Waals surface area contributed by atoms with Gasteiger partial charge in [0.15, 0.2) is 11.6 Å². The number of halogens is 2. The Morgan fingerprint density at radius 1 is 1.22 bits per heavy atom. The second kappa shape index (κ2) is 7.73. The molecular formula is C20H20F2N2O3. The van der Waals surface area contributed by atoms with Crippen LogP contribution in [0.15, 0.2) is 42.5 Å². The molecule has 1 aliphatic heterocycles. The summed E-state index contributed by atoms with van der Waals surface area (Å²) in [6.07, 6.45) is 0.308. The van der Waals surface area contributed by atoms with Crippen molar-refractivity contribution in [1.29, 1.82) is 0 Å². The molecule has 5 nitrogen and oxygen atoms in total. The molecule has 2 aromatic carbocycles.